The summed E-state index contributed by atoms with van der Waals surface area (Å²) in [6.45, 7) is 8.47. The lowest BCUT2D eigenvalue weighted by Gasteiger charge is -2.22. The van der Waals surface area contributed by atoms with Gasteiger partial charge in [0.05, 0.1) is 30.5 Å². The Morgan fingerprint density at radius 1 is 1.37 bits per heavy atom. The monoisotopic (exact) mass is 374 g/mol. The Morgan fingerprint density at radius 2 is 2.11 bits per heavy atom. The van der Waals surface area contributed by atoms with Crippen LogP contribution in [0.15, 0.2) is 10.6 Å². The molecule has 0 radical (unpaired) electrons. The first kappa shape index (κ1) is 19.1. The van der Waals surface area contributed by atoms with Gasteiger partial charge in [-0.3, -0.25) is 14.3 Å². The van der Waals surface area contributed by atoms with Gasteiger partial charge >= 0.3 is 5.97 Å². The first-order chi connectivity index (χ1) is 12.8. The number of hydrogen-bond acceptors (Lipinski definition) is 6. The summed E-state index contributed by atoms with van der Waals surface area (Å²) >= 11 is 0. The summed E-state index contributed by atoms with van der Waals surface area (Å²) in [5.41, 5.74) is 2.88. The van der Waals surface area contributed by atoms with Crippen LogP contribution in [0, 0.1) is 32.6 Å². The zero-order valence-corrected chi connectivity index (χ0v) is 16.5. The highest BCUT2D eigenvalue weighted by Crippen LogP contribution is 2.40. The van der Waals surface area contributed by atoms with Gasteiger partial charge in [0.2, 0.25) is 0 Å². The SMILES string of the molecule is CCOC(=O)[C@@H]1C[C@@H]1CN(Cc1cc(C)n(C)n1)C(=O)c1c(C)noc1C. The molecular weight excluding hydrogens is 348 g/mol. The molecule has 146 valence electrons. The Kier molecular flexibility index (Phi) is 5.34. The molecule has 1 aliphatic rings. The van der Waals surface area contributed by atoms with E-state index < -0.39 is 0 Å². The minimum atomic E-state index is -0.180. The number of aromatic nitrogens is 3. The second-order valence-electron chi connectivity index (χ2n) is 7.14. The van der Waals surface area contributed by atoms with Crippen LogP contribution in [0.3, 0.4) is 0 Å². The van der Waals surface area contributed by atoms with Gasteiger partial charge in [0.1, 0.15) is 11.3 Å². The van der Waals surface area contributed by atoms with E-state index in [-0.39, 0.29) is 23.7 Å². The number of hydrogen-bond donors (Lipinski definition) is 0. The molecule has 1 saturated carbocycles. The maximum atomic E-state index is 13.2. The molecule has 2 heterocycles. The van der Waals surface area contributed by atoms with Gasteiger partial charge in [0.15, 0.2) is 0 Å². The van der Waals surface area contributed by atoms with Gasteiger partial charge in [-0.1, -0.05) is 5.16 Å². The molecule has 3 rings (SSSR count). The molecule has 0 spiro atoms. The molecule has 1 amide bonds. The second-order valence-corrected chi connectivity index (χ2v) is 7.14. The summed E-state index contributed by atoms with van der Waals surface area (Å²) < 4.78 is 12.0. The summed E-state index contributed by atoms with van der Waals surface area (Å²) in [6.07, 6.45) is 0.742. The van der Waals surface area contributed by atoms with E-state index in [1.165, 1.54) is 0 Å². The van der Waals surface area contributed by atoms with Crippen molar-refractivity contribution >= 4 is 11.9 Å². The first-order valence-electron chi connectivity index (χ1n) is 9.20. The number of carbonyl (C=O) groups excluding carboxylic acids is 2. The zero-order chi connectivity index (χ0) is 19.7. The molecule has 2 atom stereocenters. The third-order valence-electron chi connectivity index (χ3n) is 5.02. The molecule has 0 unspecified atom stereocenters. The van der Waals surface area contributed by atoms with Crippen molar-refractivity contribution in [2.24, 2.45) is 18.9 Å². The number of aryl methyl sites for hydroxylation is 4. The fraction of sp³-hybridized carbons (Fsp3) is 0.579. The average molecular weight is 374 g/mol. The van der Waals surface area contributed by atoms with Crippen molar-refractivity contribution in [1.29, 1.82) is 0 Å². The third kappa shape index (κ3) is 4.04. The largest absolute Gasteiger partial charge is 0.466 e. The third-order valence-corrected chi connectivity index (χ3v) is 5.02. The highest BCUT2D eigenvalue weighted by molar-refractivity contribution is 5.96. The van der Waals surface area contributed by atoms with Crippen LogP contribution in [0.4, 0.5) is 0 Å². The minimum Gasteiger partial charge on any atom is -0.466 e. The summed E-state index contributed by atoms with van der Waals surface area (Å²) in [7, 11) is 1.87. The van der Waals surface area contributed by atoms with Crippen LogP contribution in [-0.4, -0.2) is 44.9 Å². The van der Waals surface area contributed by atoms with Gasteiger partial charge in [0.25, 0.3) is 5.91 Å². The number of nitrogens with zero attached hydrogens (tertiary/aromatic N) is 4. The molecule has 2 aromatic rings. The molecule has 1 fully saturated rings. The Morgan fingerprint density at radius 3 is 2.67 bits per heavy atom. The molecule has 0 saturated heterocycles. The molecule has 2 aromatic heterocycles. The highest BCUT2D eigenvalue weighted by atomic mass is 16.5. The second kappa shape index (κ2) is 7.54. The predicted octanol–water partition coefficient (Wildman–Crippen LogP) is 2.17. The van der Waals surface area contributed by atoms with Gasteiger partial charge < -0.3 is 14.2 Å². The quantitative estimate of drug-likeness (QED) is 0.690. The molecule has 0 N–H and O–H groups in total. The number of esters is 1. The van der Waals surface area contributed by atoms with E-state index in [0.29, 0.717) is 36.7 Å². The highest BCUT2D eigenvalue weighted by Gasteiger charge is 2.45. The van der Waals surface area contributed by atoms with Crippen LogP contribution in [-0.2, 0) is 23.1 Å². The Bertz CT molecular complexity index is 815. The Balaban J connectivity index is 1.79. The lowest BCUT2D eigenvalue weighted by atomic mass is 10.1. The fourth-order valence-corrected chi connectivity index (χ4v) is 3.34. The molecule has 0 aliphatic heterocycles. The minimum absolute atomic E-state index is 0.110. The number of carbonyl (C=O) groups is 2. The molecule has 8 nitrogen and oxygen atoms in total. The predicted molar refractivity (Wildman–Crippen MR) is 96.9 cm³/mol. The van der Waals surface area contributed by atoms with Crippen molar-refractivity contribution in [2.75, 3.05) is 13.2 Å². The molecule has 27 heavy (non-hydrogen) atoms. The van der Waals surface area contributed by atoms with Crippen molar-refractivity contribution in [3.05, 3.63) is 34.5 Å². The van der Waals surface area contributed by atoms with Gasteiger partial charge in [-0.15, -0.1) is 0 Å². The van der Waals surface area contributed by atoms with Gasteiger partial charge in [0, 0.05) is 19.3 Å². The lowest BCUT2D eigenvalue weighted by Crippen LogP contribution is -2.34. The molecular formula is C19H26N4O4. The summed E-state index contributed by atoms with van der Waals surface area (Å²) in [4.78, 5) is 26.9. The van der Waals surface area contributed by atoms with Crippen LogP contribution >= 0.6 is 0 Å². The van der Waals surface area contributed by atoms with E-state index in [0.717, 1.165) is 17.8 Å². The Hall–Kier alpha value is -2.64. The Labute approximate surface area is 158 Å². The fourth-order valence-electron chi connectivity index (χ4n) is 3.34. The maximum absolute atomic E-state index is 13.2. The van der Waals surface area contributed by atoms with Crippen LogP contribution in [0.2, 0.25) is 0 Å². The van der Waals surface area contributed by atoms with Crippen LogP contribution in [0.25, 0.3) is 0 Å². The van der Waals surface area contributed by atoms with Crippen LogP contribution in [0.1, 0.15) is 46.5 Å². The van der Waals surface area contributed by atoms with Crippen LogP contribution in [0.5, 0.6) is 0 Å². The van der Waals surface area contributed by atoms with Gasteiger partial charge in [-0.05, 0) is 46.1 Å². The van der Waals surface area contributed by atoms with Crippen molar-refractivity contribution in [2.45, 2.75) is 40.7 Å². The van der Waals surface area contributed by atoms with Crippen LogP contribution < -0.4 is 0 Å². The number of ether oxygens (including phenoxy) is 1. The normalized spacial score (nSPS) is 18.4. The number of rotatable bonds is 7. The number of amides is 1. The standard InChI is InChI=1S/C19H26N4O4/c1-6-26-19(25)16-8-14(16)9-23(10-15-7-11(2)22(5)20-15)18(24)17-12(3)21-27-13(17)4/h7,14,16H,6,8-10H2,1-5H3/t14-,16-/m1/s1. The smallest absolute Gasteiger partial charge is 0.309 e. The average Bonchev–Trinajstić information content (AvgIpc) is 3.20. The van der Waals surface area contributed by atoms with E-state index in [9.17, 15) is 9.59 Å². The topological polar surface area (TPSA) is 90.5 Å². The van der Waals surface area contributed by atoms with E-state index >= 15 is 0 Å². The van der Waals surface area contributed by atoms with Crippen molar-refractivity contribution in [1.82, 2.24) is 19.8 Å². The summed E-state index contributed by atoms with van der Waals surface area (Å²) in [5, 5.41) is 8.35. The van der Waals surface area contributed by atoms with E-state index in [1.54, 1.807) is 30.4 Å². The van der Waals surface area contributed by atoms with Crippen molar-refractivity contribution < 1.29 is 18.8 Å². The van der Waals surface area contributed by atoms with Gasteiger partial charge in [-0.2, -0.15) is 5.10 Å². The van der Waals surface area contributed by atoms with Gasteiger partial charge in [-0.25, -0.2) is 0 Å². The molecule has 0 bridgehead atoms. The van der Waals surface area contributed by atoms with Crippen molar-refractivity contribution in [3.8, 4) is 0 Å². The van der Waals surface area contributed by atoms with E-state index in [2.05, 4.69) is 10.3 Å². The first-order valence-corrected chi connectivity index (χ1v) is 9.20. The summed E-state index contributed by atoms with van der Waals surface area (Å²) in [5.74, 6) is 0.149. The molecule has 0 aromatic carbocycles. The molecule has 1 aliphatic carbocycles. The maximum Gasteiger partial charge on any atom is 0.309 e. The molecule has 8 heteroatoms. The van der Waals surface area contributed by atoms with E-state index in [4.69, 9.17) is 9.26 Å². The van der Waals surface area contributed by atoms with E-state index in [1.807, 2.05) is 20.0 Å². The zero-order valence-electron chi connectivity index (χ0n) is 16.5. The lowest BCUT2D eigenvalue weighted by molar-refractivity contribution is -0.145. The van der Waals surface area contributed by atoms with Crippen molar-refractivity contribution in [3.63, 3.8) is 0 Å². The summed E-state index contributed by atoms with van der Waals surface area (Å²) in [6, 6.07) is 1.96.